The van der Waals surface area contributed by atoms with Crippen LogP contribution in [0.15, 0.2) is 40.6 Å². The van der Waals surface area contributed by atoms with Gasteiger partial charge in [-0.1, -0.05) is 32.9 Å². The minimum atomic E-state index is -3.43. The average molecular weight is 367 g/mol. The van der Waals surface area contributed by atoms with Gasteiger partial charge in [-0.25, -0.2) is 13.1 Å². The molecular formula is C17H22N2O3S2. The first-order valence-electron chi connectivity index (χ1n) is 7.54. The second kappa shape index (κ2) is 7.04. The molecule has 7 heteroatoms. The molecule has 24 heavy (non-hydrogen) atoms. The molecule has 0 aliphatic carbocycles. The summed E-state index contributed by atoms with van der Waals surface area (Å²) in [6, 6.07) is 10.8. The standard InChI is InChI=1S/C17H22N2O3S2/c1-17(2,3)13-7-5-12(6-8-13)16(20)19-11-14-9-10-15(23-14)24(21,22)18-4/h5-10,18H,11H2,1-4H3,(H,19,20). The van der Waals surface area contributed by atoms with E-state index in [-0.39, 0.29) is 15.5 Å². The molecule has 130 valence electrons. The van der Waals surface area contributed by atoms with Crippen LogP contribution in [0.2, 0.25) is 0 Å². The fourth-order valence-corrected chi connectivity index (χ4v) is 4.22. The van der Waals surface area contributed by atoms with Crippen molar-refractivity contribution in [3.8, 4) is 0 Å². The summed E-state index contributed by atoms with van der Waals surface area (Å²) in [4.78, 5) is 13.0. The van der Waals surface area contributed by atoms with Crippen LogP contribution in [0, 0.1) is 0 Å². The van der Waals surface area contributed by atoms with Gasteiger partial charge < -0.3 is 5.32 Å². The quantitative estimate of drug-likeness (QED) is 0.854. The van der Waals surface area contributed by atoms with Crippen molar-refractivity contribution in [1.82, 2.24) is 10.0 Å². The van der Waals surface area contributed by atoms with E-state index < -0.39 is 10.0 Å². The summed E-state index contributed by atoms with van der Waals surface area (Å²) in [5.74, 6) is -0.179. The molecule has 0 fully saturated rings. The Hall–Kier alpha value is -1.70. The van der Waals surface area contributed by atoms with Crippen LogP contribution in [0.1, 0.15) is 41.6 Å². The molecule has 0 aliphatic heterocycles. The fraction of sp³-hybridized carbons (Fsp3) is 0.353. The summed E-state index contributed by atoms with van der Waals surface area (Å²) in [7, 11) is -2.06. The maximum absolute atomic E-state index is 12.2. The predicted octanol–water partition coefficient (Wildman–Crippen LogP) is 2.88. The van der Waals surface area contributed by atoms with E-state index in [4.69, 9.17) is 0 Å². The third kappa shape index (κ3) is 4.43. The first kappa shape index (κ1) is 18.6. The van der Waals surface area contributed by atoms with E-state index in [2.05, 4.69) is 30.8 Å². The SMILES string of the molecule is CNS(=O)(=O)c1ccc(CNC(=O)c2ccc(C(C)(C)C)cc2)s1. The van der Waals surface area contributed by atoms with Crippen LogP contribution in [-0.2, 0) is 22.0 Å². The highest BCUT2D eigenvalue weighted by molar-refractivity contribution is 7.91. The summed E-state index contributed by atoms with van der Waals surface area (Å²) in [6.45, 7) is 6.66. The normalized spacial score (nSPS) is 12.2. The van der Waals surface area contributed by atoms with E-state index in [1.54, 1.807) is 18.2 Å². The maximum Gasteiger partial charge on any atom is 0.251 e. The van der Waals surface area contributed by atoms with Gasteiger partial charge in [0.1, 0.15) is 4.21 Å². The molecule has 0 aliphatic rings. The van der Waals surface area contributed by atoms with E-state index in [0.29, 0.717) is 12.1 Å². The second-order valence-corrected chi connectivity index (χ2v) is 9.72. The average Bonchev–Trinajstić information content (AvgIpc) is 3.01. The minimum Gasteiger partial charge on any atom is -0.347 e. The zero-order chi connectivity index (χ0) is 18.0. The van der Waals surface area contributed by atoms with Crippen LogP contribution >= 0.6 is 11.3 Å². The number of sulfonamides is 1. The molecule has 2 N–H and O–H groups in total. The van der Waals surface area contributed by atoms with Crippen molar-refractivity contribution in [2.45, 2.75) is 36.9 Å². The zero-order valence-corrected chi connectivity index (χ0v) is 15.8. The molecule has 0 saturated heterocycles. The largest absolute Gasteiger partial charge is 0.347 e. The van der Waals surface area contributed by atoms with Gasteiger partial charge in [-0.05, 0) is 42.3 Å². The Bertz CT molecular complexity index is 816. The van der Waals surface area contributed by atoms with Crippen molar-refractivity contribution in [2.24, 2.45) is 0 Å². The Morgan fingerprint density at radius 1 is 1.08 bits per heavy atom. The molecule has 1 heterocycles. The van der Waals surface area contributed by atoms with E-state index >= 15 is 0 Å². The van der Waals surface area contributed by atoms with Crippen molar-refractivity contribution in [3.05, 3.63) is 52.4 Å². The molecule has 0 unspecified atom stereocenters. The number of rotatable bonds is 5. The van der Waals surface area contributed by atoms with Crippen LogP contribution in [-0.4, -0.2) is 21.4 Å². The predicted molar refractivity (Wildman–Crippen MR) is 96.9 cm³/mol. The van der Waals surface area contributed by atoms with Gasteiger partial charge in [0.25, 0.3) is 5.91 Å². The molecule has 2 aromatic rings. The molecule has 0 saturated carbocycles. The highest BCUT2D eigenvalue weighted by Crippen LogP contribution is 2.23. The fourth-order valence-electron chi connectivity index (χ4n) is 2.09. The molecule has 1 aromatic heterocycles. The van der Waals surface area contributed by atoms with Crippen LogP contribution in [0.3, 0.4) is 0 Å². The number of carbonyl (C=O) groups is 1. The molecular weight excluding hydrogens is 344 g/mol. The molecule has 1 aromatic carbocycles. The van der Waals surface area contributed by atoms with Gasteiger partial charge in [-0.3, -0.25) is 4.79 Å². The Labute approximate surface area is 147 Å². The van der Waals surface area contributed by atoms with Crippen LogP contribution in [0.5, 0.6) is 0 Å². The first-order chi connectivity index (χ1) is 11.1. The molecule has 0 atom stereocenters. The minimum absolute atomic E-state index is 0.0428. The van der Waals surface area contributed by atoms with Crippen molar-refractivity contribution >= 4 is 27.3 Å². The van der Waals surface area contributed by atoms with E-state index in [9.17, 15) is 13.2 Å². The number of nitrogens with one attached hydrogen (secondary N) is 2. The molecule has 0 radical (unpaired) electrons. The van der Waals surface area contributed by atoms with Gasteiger partial charge in [0.15, 0.2) is 0 Å². The first-order valence-corrected chi connectivity index (χ1v) is 9.84. The number of carbonyl (C=O) groups excluding carboxylic acids is 1. The zero-order valence-electron chi connectivity index (χ0n) is 14.2. The summed E-state index contributed by atoms with van der Waals surface area (Å²) in [5.41, 5.74) is 1.79. The number of benzene rings is 1. The Kier molecular flexibility index (Phi) is 5.47. The van der Waals surface area contributed by atoms with Crippen molar-refractivity contribution in [3.63, 3.8) is 0 Å². The highest BCUT2D eigenvalue weighted by atomic mass is 32.2. The maximum atomic E-state index is 12.2. The van der Waals surface area contributed by atoms with Gasteiger partial charge in [0.05, 0.1) is 6.54 Å². The summed E-state index contributed by atoms with van der Waals surface area (Å²) in [6.07, 6.45) is 0. The van der Waals surface area contributed by atoms with Gasteiger partial charge in [0.2, 0.25) is 10.0 Å². The Balaban J connectivity index is 2.01. The van der Waals surface area contributed by atoms with Crippen LogP contribution < -0.4 is 10.0 Å². The number of amides is 1. The summed E-state index contributed by atoms with van der Waals surface area (Å²) < 4.78 is 25.9. The van der Waals surface area contributed by atoms with Crippen molar-refractivity contribution in [1.29, 1.82) is 0 Å². The van der Waals surface area contributed by atoms with Crippen LogP contribution in [0.25, 0.3) is 0 Å². The number of thiophene rings is 1. The third-order valence-corrected chi connectivity index (χ3v) is 6.60. The highest BCUT2D eigenvalue weighted by Gasteiger charge is 2.16. The lowest BCUT2D eigenvalue weighted by Gasteiger charge is -2.19. The third-order valence-electron chi connectivity index (χ3n) is 3.61. The summed E-state index contributed by atoms with van der Waals surface area (Å²) in [5, 5.41) is 2.81. The van der Waals surface area contributed by atoms with Crippen molar-refractivity contribution < 1.29 is 13.2 Å². The molecule has 0 bridgehead atoms. The molecule has 0 spiro atoms. The van der Waals surface area contributed by atoms with Gasteiger partial charge in [-0.15, -0.1) is 11.3 Å². The van der Waals surface area contributed by atoms with E-state index in [1.165, 1.54) is 18.7 Å². The topological polar surface area (TPSA) is 75.3 Å². The van der Waals surface area contributed by atoms with Gasteiger partial charge in [-0.2, -0.15) is 0 Å². The second-order valence-electron chi connectivity index (χ2n) is 6.44. The lowest BCUT2D eigenvalue weighted by atomic mass is 9.87. The number of hydrogen-bond acceptors (Lipinski definition) is 4. The Morgan fingerprint density at radius 2 is 1.71 bits per heavy atom. The lowest BCUT2D eigenvalue weighted by Crippen LogP contribution is -2.22. The Morgan fingerprint density at radius 3 is 2.25 bits per heavy atom. The van der Waals surface area contributed by atoms with E-state index in [0.717, 1.165) is 16.2 Å². The summed E-state index contributed by atoms with van der Waals surface area (Å²) >= 11 is 1.14. The number of hydrogen-bond donors (Lipinski definition) is 2. The monoisotopic (exact) mass is 366 g/mol. The van der Waals surface area contributed by atoms with E-state index in [1.807, 2.05) is 12.1 Å². The van der Waals surface area contributed by atoms with Crippen molar-refractivity contribution in [2.75, 3.05) is 7.05 Å². The van der Waals surface area contributed by atoms with Crippen LogP contribution in [0.4, 0.5) is 0 Å². The molecule has 2 rings (SSSR count). The molecule has 1 amide bonds. The molecule has 5 nitrogen and oxygen atoms in total. The lowest BCUT2D eigenvalue weighted by molar-refractivity contribution is 0.0951. The smallest absolute Gasteiger partial charge is 0.251 e. The van der Waals surface area contributed by atoms with Gasteiger partial charge >= 0.3 is 0 Å². The van der Waals surface area contributed by atoms with Gasteiger partial charge in [0, 0.05) is 10.4 Å².